The van der Waals surface area contributed by atoms with Crippen molar-refractivity contribution >= 4 is 28.9 Å². The average molecular weight is 405 g/mol. The number of nitrogens with zero attached hydrogens (tertiary/aromatic N) is 3. The third-order valence-electron chi connectivity index (χ3n) is 3.34. The summed E-state index contributed by atoms with van der Waals surface area (Å²) >= 11 is 4.87. The number of benzene rings is 1. The van der Waals surface area contributed by atoms with E-state index < -0.39 is 36.7 Å². The van der Waals surface area contributed by atoms with E-state index in [2.05, 4.69) is 10.5 Å². The van der Waals surface area contributed by atoms with Gasteiger partial charge in [-0.3, -0.25) is 14.9 Å². The maximum atomic E-state index is 13.0. The smallest absolute Gasteiger partial charge is 0.282 e. The molecule has 1 heterocycles. The van der Waals surface area contributed by atoms with E-state index in [1.807, 2.05) is 0 Å². The van der Waals surface area contributed by atoms with Gasteiger partial charge in [-0.1, -0.05) is 6.07 Å². The van der Waals surface area contributed by atoms with Gasteiger partial charge in [0.25, 0.3) is 18.8 Å². The molecular weight excluding hydrogens is 390 g/mol. The number of hydrazine groups is 1. The first-order valence-electron chi connectivity index (χ1n) is 7.40. The summed E-state index contributed by atoms with van der Waals surface area (Å²) in [4.78, 5) is 12.2. The molecule has 2 rings (SSSR count). The van der Waals surface area contributed by atoms with E-state index in [-0.39, 0.29) is 5.11 Å². The minimum absolute atomic E-state index is 0.237. The number of hydrogen-bond acceptors (Lipinski definition) is 4. The Balaban J connectivity index is 2.20. The molecule has 7 nitrogen and oxygen atoms in total. The van der Waals surface area contributed by atoms with Gasteiger partial charge in [0.15, 0.2) is 5.11 Å². The summed E-state index contributed by atoms with van der Waals surface area (Å²) in [5, 5.41) is 4.14. The van der Waals surface area contributed by atoms with Crippen LogP contribution in [0.1, 0.15) is 24.2 Å². The van der Waals surface area contributed by atoms with Crippen molar-refractivity contribution in [2.75, 3.05) is 12.1 Å². The Bertz CT molecular complexity index is 830. The molecular formula is C15H15F4N5O2S. The maximum Gasteiger partial charge on any atom is 0.282 e. The second kappa shape index (κ2) is 8.66. The molecule has 2 aromatic rings. The Morgan fingerprint density at radius 1 is 1.33 bits per heavy atom. The molecule has 0 spiro atoms. The molecule has 0 unspecified atom stereocenters. The first kappa shape index (κ1) is 20.4. The van der Waals surface area contributed by atoms with Gasteiger partial charge < -0.3 is 10.5 Å². The highest BCUT2D eigenvalue weighted by molar-refractivity contribution is 7.80. The number of nitrogens with two attached hydrogens (primary N) is 1. The molecule has 1 aromatic carbocycles. The van der Waals surface area contributed by atoms with Crippen LogP contribution >= 0.6 is 12.2 Å². The zero-order valence-corrected chi connectivity index (χ0v) is 14.7. The van der Waals surface area contributed by atoms with Gasteiger partial charge in [0.1, 0.15) is 23.7 Å². The number of carbonyl (C=O) groups is 1. The molecule has 0 fully saturated rings. The molecule has 1 aromatic heterocycles. The predicted molar refractivity (Wildman–Crippen MR) is 92.5 cm³/mol. The van der Waals surface area contributed by atoms with Gasteiger partial charge in [0.05, 0.1) is 12.8 Å². The van der Waals surface area contributed by atoms with Crippen molar-refractivity contribution in [3.8, 4) is 5.75 Å². The second-order valence-electron chi connectivity index (χ2n) is 5.16. The van der Waals surface area contributed by atoms with Crippen LogP contribution in [-0.4, -0.2) is 27.9 Å². The zero-order valence-electron chi connectivity index (χ0n) is 13.9. The van der Waals surface area contributed by atoms with E-state index in [9.17, 15) is 22.4 Å². The van der Waals surface area contributed by atoms with E-state index in [0.29, 0.717) is 22.2 Å². The lowest BCUT2D eigenvalue weighted by atomic mass is 10.3. The summed E-state index contributed by atoms with van der Waals surface area (Å²) in [6, 6.07) is 6.90. The molecule has 0 aliphatic carbocycles. The van der Waals surface area contributed by atoms with Crippen LogP contribution < -0.4 is 20.9 Å². The molecule has 146 valence electrons. The van der Waals surface area contributed by atoms with Gasteiger partial charge in [0, 0.05) is 6.07 Å². The number of thiocarbonyl (C=S) groups is 1. The number of carbonyl (C=O) groups excluding carboxylic acids is 1. The molecule has 3 N–H and O–H groups in total. The monoisotopic (exact) mass is 405 g/mol. The Kier molecular flexibility index (Phi) is 6.55. The fourth-order valence-electron chi connectivity index (χ4n) is 2.15. The Hall–Kier alpha value is -2.89. The van der Waals surface area contributed by atoms with Crippen molar-refractivity contribution in [2.45, 2.75) is 19.4 Å². The number of nitrogens with one attached hydrogen (secondary N) is 1. The number of hydrogen-bond donors (Lipinski definition) is 2. The van der Waals surface area contributed by atoms with Crippen LogP contribution in [0.25, 0.3) is 0 Å². The van der Waals surface area contributed by atoms with E-state index in [4.69, 9.17) is 22.7 Å². The predicted octanol–water partition coefficient (Wildman–Crippen LogP) is 2.55. The highest BCUT2D eigenvalue weighted by Crippen LogP contribution is 2.25. The van der Waals surface area contributed by atoms with E-state index in [0.717, 1.165) is 5.01 Å². The summed E-state index contributed by atoms with van der Waals surface area (Å²) < 4.78 is 56.9. The van der Waals surface area contributed by atoms with Crippen LogP contribution in [0, 0.1) is 0 Å². The van der Waals surface area contributed by atoms with Gasteiger partial charge in [-0.15, -0.1) is 0 Å². The van der Waals surface area contributed by atoms with Crippen molar-refractivity contribution in [1.82, 2.24) is 15.2 Å². The largest absolute Gasteiger partial charge is 0.497 e. The fraction of sp³-hybridized carbons (Fsp3) is 0.267. The highest BCUT2D eigenvalue weighted by Gasteiger charge is 2.23. The molecule has 0 atom stereocenters. The number of methoxy groups -OCH3 is 1. The van der Waals surface area contributed by atoms with Crippen LogP contribution in [0.2, 0.25) is 0 Å². The topological polar surface area (TPSA) is 85.4 Å². The summed E-state index contributed by atoms with van der Waals surface area (Å²) in [5.74, 6) is -0.395. The third-order valence-corrected chi connectivity index (χ3v) is 3.52. The molecule has 1 amide bonds. The minimum Gasteiger partial charge on any atom is -0.497 e. The van der Waals surface area contributed by atoms with E-state index in [1.54, 1.807) is 18.2 Å². The first-order valence-corrected chi connectivity index (χ1v) is 7.80. The van der Waals surface area contributed by atoms with E-state index in [1.165, 1.54) is 13.2 Å². The van der Waals surface area contributed by atoms with Crippen LogP contribution in [0.4, 0.5) is 23.2 Å². The number of aromatic nitrogens is 2. The quantitative estimate of drug-likeness (QED) is 0.437. The molecule has 0 aliphatic rings. The lowest BCUT2D eigenvalue weighted by Gasteiger charge is -2.24. The molecule has 0 radical (unpaired) electrons. The van der Waals surface area contributed by atoms with Crippen LogP contribution in [-0.2, 0) is 11.3 Å². The Labute approximate surface area is 156 Å². The van der Waals surface area contributed by atoms with Gasteiger partial charge >= 0.3 is 0 Å². The fourth-order valence-corrected chi connectivity index (χ4v) is 2.30. The highest BCUT2D eigenvalue weighted by atomic mass is 32.1. The second-order valence-corrected chi connectivity index (χ2v) is 5.58. The van der Waals surface area contributed by atoms with Gasteiger partial charge in [-0.05, 0) is 30.4 Å². The summed E-state index contributed by atoms with van der Waals surface area (Å²) in [7, 11) is 1.44. The SMILES string of the molecule is COc1cccc(N(NC(=O)Cn2nc(C(F)F)cc2C(F)F)C(N)=S)c1. The number of amides is 1. The van der Waals surface area contributed by atoms with Crippen molar-refractivity contribution in [3.05, 3.63) is 41.7 Å². The summed E-state index contributed by atoms with van der Waals surface area (Å²) in [6.45, 7) is -0.741. The number of rotatable bonds is 6. The first-order chi connectivity index (χ1) is 12.7. The minimum atomic E-state index is -3.08. The molecule has 0 saturated carbocycles. The zero-order chi connectivity index (χ0) is 20.1. The van der Waals surface area contributed by atoms with Crippen molar-refractivity contribution in [2.24, 2.45) is 5.73 Å². The molecule has 0 bridgehead atoms. The van der Waals surface area contributed by atoms with Crippen LogP contribution in [0.15, 0.2) is 30.3 Å². The standard InChI is InChI=1S/C15H15F4N5O2S/c1-26-9-4-2-3-8(5-9)24(15(20)27)22-12(25)7-23-11(14(18)19)6-10(21-23)13(16)17/h2-6,13-14H,7H2,1H3,(H2,20,27)(H,22,25). The summed E-state index contributed by atoms with van der Waals surface area (Å²) in [5.41, 5.74) is 6.59. The Morgan fingerprint density at radius 3 is 2.59 bits per heavy atom. The normalized spacial score (nSPS) is 10.9. The van der Waals surface area contributed by atoms with E-state index >= 15 is 0 Å². The third kappa shape index (κ3) is 5.06. The summed E-state index contributed by atoms with van der Waals surface area (Å²) in [6.07, 6.45) is -6.13. The number of ether oxygens (including phenoxy) is 1. The molecule has 12 heteroatoms. The lowest BCUT2D eigenvalue weighted by Crippen LogP contribution is -2.50. The number of anilines is 1. The molecule has 0 saturated heterocycles. The number of alkyl halides is 4. The average Bonchev–Trinajstić information content (AvgIpc) is 3.03. The van der Waals surface area contributed by atoms with Crippen molar-refractivity contribution < 1.29 is 27.1 Å². The molecule has 0 aliphatic heterocycles. The van der Waals surface area contributed by atoms with Crippen LogP contribution in [0.5, 0.6) is 5.75 Å². The lowest BCUT2D eigenvalue weighted by molar-refractivity contribution is -0.121. The van der Waals surface area contributed by atoms with Crippen LogP contribution in [0.3, 0.4) is 0 Å². The number of halogens is 4. The van der Waals surface area contributed by atoms with Crippen molar-refractivity contribution in [3.63, 3.8) is 0 Å². The van der Waals surface area contributed by atoms with Gasteiger partial charge in [0.2, 0.25) is 0 Å². The maximum absolute atomic E-state index is 13.0. The van der Waals surface area contributed by atoms with Gasteiger partial charge in [-0.25, -0.2) is 22.6 Å². The van der Waals surface area contributed by atoms with Gasteiger partial charge in [-0.2, -0.15) is 5.10 Å². The van der Waals surface area contributed by atoms with Crippen molar-refractivity contribution in [1.29, 1.82) is 0 Å². The Morgan fingerprint density at radius 2 is 2.04 bits per heavy atom. The molecule has 27 heavy (non-hydrogen) atoms.